The Bertz CT molecular complexity index is 1950. The summed E-state index contributed by atoms with van der Waals surface area (Å²) in [6, 6.07) is 12.0. The van der Waals surface area contributed by atoms with E-state index >= 15 is 0 Å². The Morgan fingerprint density at radius 2 is 1.74 bits per heavy atom. The van der Waals surface area contributed by atoms with Crippen LogP contribution in [0.4, 0.5) is 24.5 Å². The minimum absolute atomic E-state index is 0.00267. The molecule has 1 saturated heterocycles. The summed E-state index contributed by atoms with van der Waals surface area (Å²) in [5, 5.41) is 10.3. The third kappa shape index (κ3) is 6.86. The van der Waals surface area contributed by atoms with Crippen LogP contribution in [0.1, 0.15) is 41.3 Å². The van der Waals surface area contributed by atoms with Crippen molar-refractivity contribution < 1.29 is 27.5 Å². The maximum Gasteiger partial charge on any atom is 0.418 e. The van der Waals surface area contributed by atoms with E-state index in [1.165, 1.54) is 25.1 Å². The molecule has 2 N–H and O–H groups in total. The highest BCUT2D eigenvalue weighted by Crippen LogP contribution is 2.39. The molecule has 1 fully saturated rings. The lowest BCUT2D eigenvalue weighted by atomic mass is 10.0. The van der Waals surface area contributed by atoms with E-state index in [2.05, 4.69) is 30.7 Å². The molecule has 1 aliphatic rings. The molecule has 242 valence electrons. The summed E-state index contributed by atoms with van der Waals surface area (Å²) in [5.41, 5.74) is 1.31. The van der Waals surface area contributed by atoms with Gasteiger partial charge in [0.05, 0.1) is 11.8 Å². The molecule has 1 aliphatic heterocycles. The SMILES string of the molecule is CC(=O)NC1CCN(c2ccc(NC(=O)c3ccc(C)c(Oc4nc(-c5ccncc5)nc5c4cnn5C)c3)cc2C(F)(F)F)CC1. The average Bonchev–Trinajstić information content (AvgIpc) is 3.42. The number of nitrogens with zero attached hydrogens (tertiary/aromatic N) is 6. The van der Waals surface area contributed by atoms with Crippen LogP contribution in [0, 0.1) is 6.92 Å². The molecule has 47 heavy (non-hydrogen) atoms. The monoisotopic (exact) mass is 644 g/mol. The van der Waals surface area contributed by atoms with Crippen LogP contribution >= 0.6 is 0 Å². The van der Waals surface area contributed by atoms with E-state index in [4.69, 9.17) is 4.74 Å². The summed E-state index contributed by atoms with van der Waals surface area (Å²) in [7, 11) is 1.75. The number of benzene rings is 2. The van der Waals surface area contributed by atoms with Crippen molar-refractivity contribution in [3.63, 3.8) is 0 Å². The van der Waals surface area contributed by atoms with Crippen LogP contribution in [0.15, 0.2) is 67.1 Å². The molecule has 0 spiro atoms. The number of carbonyl (C=O) groups excluding carboxylic acids is 2. The van der Waals surface area contributed by atoms with Gasteiger partial charge >= 0.3 is 6.18 Å². The summed E-state index contributed by atoms with van der Waals surface area (Å²) in [6.07, 6.45) is 1.24. The Hall–Kier alpha value is -5.53. The van der Waals surface area contributed by atoms with Gasteiger partial charge in [0.25, 0.3) is 5.91 Å². The fourth-order valence-corrected chi connectivity index (χ4v) is 5.53. The van der Waals surface area contributed by atoms with Gasteiger partial charge < -0.3 is 20.3 Å². The maximum absolute atomic E-state index is 14.2. The number of nitrogens with one attached hydrogen (secondary N) is 2. The zero-order chi connectivity index (χ0) is 33.3. The van der Waals surface area contributed by atoms with Crippen LogP contribution in [-0.4, -0.2) is 55.7 Å². The molecule has 3 aromatic heterocycles. The zero-order valence-corrected chi connectivity index (χ0v) is 25.8. The van der Waals surface area contributed by atoms with Gasteiger partial charge in [0, 0.05) is 68.0 Å². The molecule has 11 nitrogen and oxygen atoms in total. The first-order valence-electron chi connectivity index (χ1n) is 14.9. The molecule has 0 bridgehead atoms. The van der Waals surface area contributed by atoms with Crippen molar-refractivity contribution in [2.45, 2.75) is 38.9 Å². The van der Waals surface area contributed by atoms with Crippen molar-refractivity contribution in [1.29, 1.82) is 0 Å². The molecular weight excluding hydrogens is 613 g/mol. The van der Waals surface area contributed by atoms with E-state index in [-0.39, 0.29) is 34.8 Å². The van der Waals surface area contributed by atoms with Crippen molar-refractivity contribution in [1.82, 2.24) is 30.0 Å². The Morgan fingerprint density at radius 3 is 2.45 bits per heavy atom. The second-order valence-corrected chi connectivity index (χ2v) is 11.3. The number of fused-ring (bicyclic) bond motifs is 1. The molecule has 0 unspecified atom stereocenters. The molecule has 6 rings (SSSR count). The van der Waals surface area contributed by atoms with Gasteiger partial charge in [-0.1, -0.05) is 6.07 Å². The van der Waals surface area contributed by atoms with Crippen molar-refractivity contribution in [3.05, 3.63) is 83.8 Å². The summed E-state index contributed by atoms with van der Waals surface area (Å²) in [4.78, 5) is 39.6. The van der Waals surface area contributed by atoms with Gasteiger partial charge in [0.15, 0.2) is 11.5 Å². The number of piperidine rings is 1. The van der Waals surface area contributed by atoms with E-state index in [1.807, 2.05) is 0 Å². The lowest BCUT2D eigenvalue weighted by molar-refractivity contribution is -0.137. The number of hydrogen-bond acceptors (Lipinski definition) is 8. The normalized spacial score (nSPS) is 13.9. The number of anilines is 2. The molecular formula is C33H31F3N8O3. The molecule has 0 atom stereocenters. The lowest BCUT2D eigenvalue weighted by Crippen LogP contribution is -2.44. The first-order chi connectivity index (χ1) is 22.5. The number of ether oxygens (including phenoxy) is 1. The Labute approximate surface area is 267 Å². The van der Waals surface area contributed by atoms with Gasteiger partial charge in [-0.3, -0.25) is 19.3 Å². The summed E-state index contributed by atoms with van der Waals surface area (Å²) in [6.45, 7) is 3.93. The van der Waals surface area contributed by atoms with Crippen molar-refractivity contribution >= 4 is 34.2 Å². The van der Waals surface area contributed by atoms with Crippen LogP contribution in [-0.2, 0) is 18.0 Å². The second kappa shape index (κ2) is 12.7. The predicted octanol–water partition coefficient (Wildman–Crippen LogP) is 5.90. The standard InChI is InChI=1S/C33H31F3N8O3/c1-19-4-5-22(16-28(19)47-32-25-18-38-43(3)30(25)41-29(42-32)21-8-12-37-13-9-21)31(46)40-24-6-7-27(26(17-24)33(34,35)36)44-14-10-23(11-15-44)39-20(2)45/h4-9,12-13,16-18,23H,10-11,14-15H2,1-3H3,(H,39,45)(H,40,46). The Morgan fingerprint density at radius 1 is 1.00 bits per heavy atom. The molecule has 0 saturated carbocycles. The number of aromatic nitrogens is 5. The molecule has 0 aliphatic carbocycles. The fraction of sp³-hybridized carbons (Fsp3) is 0.273. The second-order valence-electron chi connectivity index (χ2n) is 11.3. The van der Waals surface area contributed by atoms with Crippen molar-refractivity contribution in [3.8, 4) is 23.0 Å². The van der Waals surface area contributed by atoms with Crippen LogP contribution in [0.25, 0.3) is 22.4 Å². The molecule has 4 heterocycles. The maximum atomic E-state index is 14.2. The average molecular weight is 645 g/mol. The smallest absolute Gasteiger partial charge is 0.418 e. The predicted molar refractivity (Wildman–Crippen MR) is 169 cm³/mol. The van der Waals surface area contributed by atoms with Gasteiger partial charge in [0.2, 0.25) is 11.8 Å². The number of pyridine rings is 1. The van der Waals surface area contributed by atoms with E-state index in [1.54, 1.807) is 66.4 Å². The van der Waals surface area contributed by atoms with Gasteiger partial charge in [-0.15, -0.1) is 0 Å². The minimum Gasteiger partial charge on any atom is -0.438 e. The third-order valence-electron chi connectivity index (χ3n) is 7.96. The summed E-state index contributed by atoms with van der Waals surface area (Å²) in [5.74, 6) is 0.171. The van der Waals surface area contributed by atoms with Gasteiger partial charge in [-0.25, -0.2) is 4.98 Å². The third-order valence-corrected chi connectivity index (χ3v) is 7.96. The number of rotatable bonds is 7. The fourth-order valence-electron chi connectivity index (χ4n) is 5.53. The van der Waals surface area contributed by atoms with Crippen LogP contribution in [0.5, 0.6) is 11.6 Å². The highest BCUT2D eigenvalue weighted by atomic mass is 19.4. The molecule has 2 amide bonds. The van der Waals surface area contributed by atoms with E-state index < -0.39 is 17.6 Å². The summed E-state index contributed by atoms with van der Waals surface area (Å²) < 4.78 is 50.5. The van der Waals surface area contributed by atoms with Gasteiger partial charge in [-0.2, -0.15) is 23.3 Å². The lowest BCUT2D eigenvalue weighted by Gasteiger charge is -2.35. The summed E-state index contributed by atoms with van der Waals surface area (Å²) >= 11 is 0. The van der Waals surface area contributed by atoms with Crippen LogP contribution in [0.3, 0.4) is 0 Å². The molecule has 14 heteroatoms. The molecule has 2 aromatic carbocycles. The largest absolute Gasteiger partial charge is 0.438 e. The molecule has 0 radical (unpaired) electrons. The first kappa shape index (κ1) is 31.5. The number of aryl methyl sites for hydroxylation is 2. The van der Waals surface area contributed by atoms with E-state index in [0.717, 1.165) is 11.6 Å². The van der Waals surface area contributed by atoms with E-state index in [0.29, 0.717) is 54.1 Å². The van der Waals surface area contributed by atoms with Gasteiger partial charge in [0.1, 0.15) is 11.1 Å². The first-order valence-corrected chi connectivity index (χ1v) is 14.9. The highest BCUT2D eigenvalue weighted by molar-refractivity contribution is 6.04. The van der Waals surface area contributed by atoms with Crippen LogP contribution in [0.2, 0.25) is 0 Å². The molecule has 5 aromatic rings. The van der Waals surface area contributed by atoms with E-state index in [9.17, 15) is 22.8 Å². The number of alkyl halides is 3. The zero-order valence-electron chi connectivity index (χ0n) is 25.8. The van der Waals surface area contributed by atoms with Crippen LogP contribution < -0.4 is 20.3 Å². The quantitative estimate of drug-likeness (QED) is 0.224. The van der Waals surface area contributed by atoms with Gasteiger partial charge in [-0.05, 0) is 67.8 Å². The number of hydrogen-bond donors (Lipinski definition) is 2. The number of amides is 2. The Kier molecular flexibility index (Phi) is 8.50. The highest BCUT2D eigenvalue weighted by Gasteiger charge is 2.36. The minimum atomic E-state index is -4.65. The number of halogens is 3. The van der Waals surface area contributed by atoms with Crippen molar-refractivity contribution in [2.24, 2.45) is 7.05 Å². The Balaban J connectivity index is 1.24. The topological polar surface area (TPSA) is 127 Å². The number of carbonyl (C=O) groups is 2. The van der Waals surface area contributed by atoms with Crippen molar-refractivity contribution in [2.75, 3.05) is 23.3 Å².